The molecule has 0 atom stereocenters. The minimum absolute atomic E-state index is 0.884. The highest BCUT2D eigenvalue weighted by Gasteiger charge is 2.21. The van der Waals surface area contributed by atoms with E-state index in [1.165, 1.54) is 0 Å². The highest BCUT2D eigenvalue weighted by Crippen LogP contribution is 2.53. The Hall–Kier alpha value is 1.18. The third-order valence-electron chi connectivity index (χ3n) is 0.358. The maximum Gasteiger partial charge on any atom is 0.0806 e. The van der Waals surface area contributed by atoms with Crippen LogP contribution < -0.4 is 0 Å². The van der Waals surface area contributed by atoms with Crippen molar-refractivity contribution >= 4 is 37.5 Å². The average Bonchev–Trinajstić information content (AvgIpc) is 2.12. The number of hydrogen-bond donors (Lipinski definition) is 0. The average molecular weight is 171 g/mol. The van der Waals surface area contributed by atoms with E-state index in [2.05, 4.69) is 15.9 Å². The molecule has 0 N–H and O–H groups in total. The van der Waals surface area contributed by atoms with Crippen LogP contribution >= 0.6 is 37.5 Å². The number of halogens is 1. The van der Waals surface area contributed by atoms with Crippen LogP contribution in [-0.2, 0) is 0 Å². The third-order valence-corrected chi connectivity index (χ3v) is 4.05. The van der Waals surface area contributed by atoms with Gasteiger partial charge in [-0.1, -0.05) is 37.5 Å². The Balaban J connectivity index is 2.00. The van der Waals surface area contributed by atoms with E-state index < -0.39 is 0 Å². The predicted octanol–water partition coefficient (Wildman–Crippen LogP) is 2.10. The lowest BCUT2D eigenvalue weighted by molar-refractivity contribution is 1.53. The molecule has 1 fully saturated rings. The molecule has 0 amide bonds. The summed E-state index contributed by atoms with van der Waals surface area (Å²) >= 11 is 3.33. The normalized spacial score (nSPS) is 23.4. The zero-order valence-corrected chi connectivity index (χ0v) is 5.70. The van der Waals surface area contributed by atoms with E-state index in [0.717, 1.165) is 9.91 Å². The summed E-state index contributed by atoms with van der Waals surface area (Å²) in [4.78, 5) is 0. The lowest BCUT2D eigenvalue weighted by atomic mass is 11.0. The van der Waals surface area contributed by atoms with Crippen LogP contribution in [0.2, 0.25) is 0 Å². The van der Waals surface area contributed by atoms with Crippen molar-refractivity contribution in [3.05, 3.63) is 0 Å². The van der Waals surface area contributed by atoms with Crippen LogP contribution in [0.4, 0.5) is 0 Å². The molecule has 0 aromatic carbocycles. The molecule has 0 bridgehead atoms. The zero-order valence-electron chi connectivity index (χ0n) is 2.48. The minimum Gasteiger partial charge on any atom is -0.0906 e. The second-order valence-electron chi connectivity index (χ2n) is 0.776. The molecule has 0 unspecified atom stereocenters. The number of rotatable bonds is 1. The molecule has 5 heavy (non-hydrogen) atoms. The summed E-state index contributed by atoms with van der Waals surface area (Å²) in [6, 6.07) is 0. The van der Waals surface area contributed by atoms with Crippen LogP contribution in [0.15, 0.2) is 0 Å². The van der Waals surface area contributed by atoms with E-state index in [-0.39, 0.29) is 0 Å². The topological polar surface area (TPSA) is 0 Å². The standard InChI is InChI=1S/C2H3BrS2/c3-1-2-4-5-2/h2H,1H2. The maximum absolute atomic E-state index is 3.33. The molecule has 0 radical (unpaired) electrons. The van der Waals surface area contributed by atoms with E-state index in [9.17, 15) is 0 Å². The molecule has 1 aliphatic heterocycles. The van der Waals surface area contributed by atoms with Crippen molar-refractivity contribution in [2.24, 2.45) is 0 Å². The Kier molecular flexibility index (Phi) is 1.52. The molecular weight excluding hydrogens is 168 g/mol. The van der Waals surface area contributed by atoms with Crippen LogP contribution in [0.25, 0.3) is 0 Å². The summed E-state index contributed by atoms with van der Waals surface area (Å²) < 4.78 is 0.884. The molecule has 1 heterocycles. The molecule has 0 nitrogen and oxygen atoms in total. The van der Waals surface area contributed by atoms with Crippen molar-refractivity contribution in [3.8, 4) is 0 Å². The molecular formula is C2H3BrS2. The van der Waals surface area contributed by atoms with E-state index in [1.807, 2.05) is 21.6 Å². The van der Waals surface area contributed by atoms with Gasteiger partial charge in [-0.2, -0.15) is 0 Å². The molecule has 0 aromatic rings. The number of alkyl halides is 1. The molecule has 1 saturated heterocycles. The second-order valence-corrected chi connectivity index (χ2v) is 4.40. The highest BCUT2D eigenvalue weighted by molar-refractivity contribution is 9.10. The van der Waals surface area contributed by atoms with Gasteiger partial charge in [0.1, 0.15) is 0 Å². The molecule has 3 heteroatoms. The molecule has 30 valence electrons. The van der Waals surface area contributed by atoms with Gasteiger partial charge in [-0.15, -0.1) is 0 Å². The Morgan fingerprint density at radius 2 is 2.20 bits per heavy atom. The summed E-state index contributed by atoms with van der Waals surface area (Å²) in [5, 5.41) is 1.16. The van der Waals surface area contributed by atoms with Crippen molar-refractivity contribution in [2.45, 2.75) is 4.58 Å². The van der Waals surface area contributed by atoms with E-state index in [0.29, 0.717) is 0 Å². The van der Waals surface area contributed by atoms with E-state index in [1.54, 1.807) is 0 Å². The summed E-state index contributed by atoms with van der Waals surface area (Å²) in [5.74, 6) is 0. The third kappa shape index (κ3) is 1.37. The minimum atomic E-state index is 0.884. The first kappa shape index (κ1) is 4.34. The fourth-order valence-corrected chi connectivity index (χ4v) is 2.76. The Morgan fingerprint density at radius 3 is 2.20 bits per heavy atom. The van der Waals surface area contributed by atoms with Crippen LogP contribution in [0.5, 0.6) is 0 Å². The van der Waals surface area contributed by atoms with Gasteiger partial charge in [-0.25, -0.2) is 0 Å². The Bertz CT molecular complexity index is 34.6. The first-order valence-electron chi connectivity index (χ1n) is 1.31. The first-order valence-corrected chi connectivity index (χ1v) is 4.71. The van der Waals surface area contributed by atoms with Crippen molar-refractivity contribution < 1.29 is 0 Å². The van der Waals surface area contributed by atoms with Crippen LogP contribution in [0, 0.1) is 0 Å². The van der Waals surface area contributed by atoms with Crippen molar-refractivity contribution in [3.63, 3.8) is 0 Å². The van der Waals surface area contributed by atoms with Crippen molar-refractivity contribution in [2.75, 3.05) is 5.33 Å². The molecule has 1 aliphatic rings. The molecule has 1 rings (SSSR count). The maximum atomic E-state index is 3.33. The van der Waals surface area contributed by atoms with Crippen molar-refractivity contribution in [1.29, 1.82) is 0 Å². The quantitative estimate of drug-likeness (QED) is 0.336. The number of hydrogen-bond acceptors (Lipinski definition) is 2. The van der Waals surface area contributed by atoms with Gasteiger partial charge in [0.2, 0.25) is 0 Å². The molecule has 0 saturated carbocycles. The highest BCUT2D eigenvalue weighted by atomic mass is 79.9. The van der Waals surface area contributed by atoms with E-state index in [4.69, 9.17) is 0 Å². The molecule has 0 spiro atoms. The largest absolute Gasteiger partial charge is 0.0906 e. The van der Waals surface area contributed by atoms with Crippen LogP contribution in [0.3, 0.4) is 0 Å². The summed E-state index contributed by atoms with van der Waals surface area (Å²) in [7, 11) is 3.88. The van der Waals surface area contributed by atoms with E-state index >= 15 is 0 Å². The molecule has 0 aromatic heterocycles. The van der Waals surface area contributed by atoms with Crippen LogP contribution in [0.1, 0.15) is 0 Å². The second kappa shape index (κ2) is 1.76. The lowest BCUT2D eigenvalue weighted by Crippen LogP contribution is -1.70. The van der Waals surface area contributed by atoms with Gasteiger partial charge in [0.25, 0.3) is 0 Å². The van der Waals surface area contributed by atoms with Gasteiger partial charge in [-0.05, 0) is 0 Å². The Morgan fingerprint density at radius 1 is 1.60 bits per heavy atom. The van der Waals surface area contributed by atoms with Gasteiger partial charge in [0.15, 0.2) is 0 Å². The van der Waals surface area contributed by atoms with Gasteiger partial charge in [0.05, 0.1) is 4.58 Å². The van der Waals surface area contributed by atoms with Gasteiger partial charge >= 0.3 is 0 Å². The summed E-state index contributed by atoms with van der Waals surface area (Å²) in [6.07, 6.45) is 0. The first-order chi connectivity index (χ1) is 2.43. The SMILES string of the molecule is BrCC1SS1. The fourth-order valence-electron chi connectivity index (χ4n) is 0.0907. The smallest absolute Gasteiger partial charge is 0.0806 e. The molecule has 0 aliphatic carbocycles. The van der Waals surface area contributed by atoms with Gasteiger partial charge in [0, 0.05) is 5.33 Å². The summed E-state index contributed by atoms with van der Waals surface area (Å²) in [6.45, 7) is 0. The van der Waals surface area contributed by atoms with Crippen molar-refractivity contribution in [1.82, 2.24) is 0 Å². The Labute approximate surface area is 47.6 Å². The fraction of sp³-hybridized carbons (Fsp3) is 1.00. The van der Waals surface area contributed by atoms with Crippen LogP contribution in [-0.4, -0.2) is 9.91 Å². The predicted molar refractivity (Wildman–Crippen MR) is 32.8 cm³/mol. The lowest BCUT2D eigenvalue weighted by Gasteiger charge is -1.65. The van der Waals surface area contributed by atoms with Gasteiger partial charge in [-0.3, -0.25) is 0 Å². The summed E-state index contributed by atoms with van der Waals surface area (Å²) in [5.41, 5.74) is 0. The monoisotopic (exact) mass is 170 g/mol. The zero-order chi connectivity index (χ0) is 3.70. The van der Waals surface area contributed by atoms with Gasteiger partial charge < -0.3 is 0 Å².